The molecule has 2 nitrogen and oxygen atoms in total. The predicted molar refractivity (Wildman–Crippen MR) is 84.7 cm³/mol. The molecule has 0 radical (unpaired) electrons. The molecule has 2 rings (SSSR count). The molecule has 106 valence electrons. The van der Waals surface area contributed by atoms with E-state index in [1.165, 1.54) is 6.07 Å². The number of benzene rings is 2. The molecular weight excluding hydrogens is 319 g/mol. The standard InChI is InChI=1S/C16H18BrFN2/c1-2-20(10-12-4-3-5-15(19)8-12)11-13-9-14(17)6-7-16(13)18/h3-9H,2,10-11,19H2,1H3. The molecular formula is C16H18BrFN2. The molecule has 0 bridgehead atoms. The molecule has 0 saturated heterocycles. The minimum atomic E-state index is -0.167. The van der Waals surface area contributed by atoms with E-state index in [0.29, 0.717) is 12.1 Å². The first-order chi connectivity index (χ1) is 9.58. The van der Waals surface area contributed by atoms with Gasteiger partial charge in [-0.3, -0.25) is 4.90 Å². The van der Waals surface area contributed by atoms with E-state index >= 15 is 0 Å². The van der Waals surface area contributed by atoms with Gasteiger partial charge in [-0.25, -0.2) is 4.39 Å². The number of hydrogen-bond donors (Lipinski definition) is 1. The van der Waals surface area contributed by atoms with Crippen LogP contribution in [0.25, 0.3) is 0 Å². The predicted octanol–water partition coefficient (Wildman–Crippen LogP) is 4.19. The average Bonchev–Trinajstić information content (AvgIpc) is 2.42. The normalized spacial score (nSPS) is 11.0. The van der Waals surface area contributed by atoms with Gasteiger partial charge in [-0.1, -0.05) is 35.0 Å². The molecule has 0 unspecified atom stereocenters. The van der Waals surface area contributed by atoms with E-state index < -0.39 is 0 Å². The second-order valence-corrected chi connectivity index (χ2v) is 5.70. The Morgan fingerprint density at radius 2 is 1.95 bits per heavy atom. The fraction of sp³-hybridized carbons (Fsp3) is 0.250. The Hall–Kier alpha value is -1.39. The zero-order valence-electron chi connectivity index (χ0n) is 11.4. The Kier molecular flexibility index (Phi) is 5.15. The van der Waals surface area contributed by atoms with E-state index in [-0.39, 0.29) is 5.82 Å². The molecule has 0 atom stereocenters. The van der Waals surface area contributed by atoms with Crippen molar-refractivity contribution in [3.8, 4) is 0 Å². The van der Waals surface area contributed by atoms with Gasteiger partial charge in [0.15, 0.2) is 0 Å². The van der Waals surface area contributed by atoms with Crippen LogP contribution in [0.2, 0.25) is 0 Å². The maximum absolute atomic E-state index is 13.8. The zero-order chi connectivity index (χ0) is 14.5. The molecule has 2 aromatic rings. The third-order valence-corrected chi connectivity index (χ3v) is 3.70. The van der Waals surface area contributed by atoms with Gasteiger partial charge >= 0.3 is 0 Å². The van der Waals surface area contributed by atoms with Gasteiger partial charge in [0.25, 0.3) is 0 Å². The monoisotopic (exact) mass is 336 g/mol. The van der Waals surface area contributed by atoms with Gasteiger partial charge in [0.05, 0.1) is 0 Å². The van der Waals surface area contributed by atoms with Crippen LogP contribution < -0.4 is 5.73 Å². The molecule has 0 amide bonds. The summed E-state index contributed by atoms with van der Waals surface area (Å²) < 4.78 is 14.7. The van der Waals surface area contributed by atoms with Crippen molar-refractivity contribution in [2.24, 2.45) is 0 Å². The summed E-state index contributed by atoms with van der Waals surface area (Å²) in [5, 5.41) is 0. The van der Waals surface area contributed by atoms with Crippen molar-refractivity contribution in [1.29, 1.82) is 0 Å². The quantitative estimate of drug-likeness (QED) is 0.829. The van der Waals surface area contributed by atoms with Crippen molar-refractivity contribution in [2.75, 3.05) is 12.3 Å². The fourth-order valence-electron chi connectivity index (χ4n) is 2.13. The van der Waals surface area contributed by atoms with Gasteiger partial charge in [-0.15, -0.1) is 0 Å². The minimum Gasteiger partial charge on any atom is -0.399 e. The van der Waals surface area contributed by atoms with Crippen LogP contribution in [0.15, 0.2) is 46.9 Å². The summed E-state index contributed by atoms with van der Waals surface area (Å²) in [5.74, 6) is -0.167. The van der Waals surface area contributed by atoms with Crippen molar-refractivity contribution in [3.63, 3.8) is 0 Å². The van der Waals surface area contributed by atoms with Crippen molar-refractivity contribution in [2.45, 2.75) is 20.0 Å². The summed E-state index contributed by atoms with van der Waals surface area (Å²) in [4.78, 5) is 2.18. The van der Waals surface area contributed by atoms with E-state index in [1.807, 2.05) is 30.3 Å². The maximum atomic E-state index is 13.8. The first-order valence-electron chi connectivity index (χ1n) is 6.59. The lowest BCUT2D eigenvalue weighted by Crippen LogP contribution is -2.23. The lowest BCUT2D eigenvalue weighted by Gasteiger charge is -2.21. The number of nitrogens with two attached hydrogens (primary N) is 1. The maximum Gasteiger partial charge on any atom is 0.127 e. The van der Waals surface area contributed by atoms with Crippen LogP contribution in [-0.2, 0) is 13.1 Å². The molecule has 0 spiro atoms. The molecule has 0 aliphatic rings. The Bertz CT molecular complexity index is 586. The van der Waals surface area contributed by atoms with Crippen LogP contribution in [0.4, 0.5) is 10.1 Å². The fourth-order valence-corrected chi connectivity index (χ4v) is 2.54. The van der Waals surface area contributed by atoms with Gasteiger partial charge in [0, 0.05) is 28.8 Å². The number of anilines is 1. The van der Waals surface area contributed by atoms with Crippen molar-refractivity contribution in [3.05, 3.63) is 63.9 Å². The molecule has 0 fully saturated rings. The van der Waals surface area contributed by atoms with E-state index in [4.69, 9.17) is 5.73 Å². The largest absolute Gasteiger partial charge is 0.399 e. The van der Waals surface area contributed by atoms with Crippen LogP contribution in [0.3, 0.4) is 0 Å². The SMILES string of the molecule is CCN(Cc1cccc(N)c1)Cc1cc(Br)ccc1F. The first kappa shape index (κ1) is 15.0. The van der Waals surface area contributed by atoms with Gasteiger partial charge in [-0.05, 0) is 42.4 Å². The summed E-state index contributed by atoms with van der Waals surface area (Å²) in [6.07, 6.45) is 0. The highest BCUT2D eigenvalue weighted by Gasteiger charge is 2.09. The topological polar surface area (TPSA) is 29.3 Å². The van der Waals surface area contributed by atoms with E-state index in [9.17, 15) is 4.39 Å². The molecule has 20 heavy (non-hydrogen) atoms. The van der Waals surface area contributed by atoms with Gasteiger partial charge in [-0.2, -0.15) is 0 Å². The van der Waals surface area contributed by atoms with Crippen molar-refractivity contribution < 1.29 is 4.39 Å². The highest BCUT2D eigenvalue weighted by atomic mass is 79.9. The molecule has 2 aromatic carbocycles. The van der Waals surface area contributed by atoms with Crippen LogP contribution in [-0.4, -0.2) is 11.4 Å². The highest BCUT2D eigenvalue weighted by molar-refractivity contribution is 9.10. The molecule has 0 aliphatic carbocycles. The number of hydrogen-bond acceptors (Lipinski definition) is 2. The number of rotatable bonds is 5. The summed E-state index contributed by atoms with van der Waals surface area (Å²) in [6, 6.07) is 12.8. The number of halogens is 2. The summed E-state index contributed by atoms with van der Waals surface area (Å²) >= 11 is 3.38. The smallest absolute Gasteiger partial charge is 0.127 e. The Balaban J connectivity index is 2.11. The van der Waals surface area contributed by atoms with E-state index in [1.54, 1.807) is 6.07 Å². The Morgan fingerprint density at radius 3 is 2.65 bits per heavy atom. The van der Waals surface area contributed by atoms with E-state index in [0.717, 1.165) is 28.8 Å². The third kappa shape index (κ3) is 4.05. The van der Waals surface area contributed by atoms with Crippen LogP contribution in [0.1, 0.15) is 18.1 Å². The molecule has 0 aliphatic heterocycles. The van der Waals surface area contributed by atoms with Gasteiger partial charge < -0.3 is 5.73 Å². The Morgan fingerprint density at radius 1 is 1.15 bits per heavy atom. The summed E-state index contributed by atoms with van der Waals surface area (Å²) in [6.45, 7) is 4.26. The lowest BCUT2D eigenvalue weighted by atomic mass is 10.1. The van der Waals surface area contributed by atoms with Crippen LogP contribution >= 0.6 is 15.9 Å². The van der Waals surface area contributed by atoms with Crippen molar-refractivity contribution >= 4 is 21.6 Å². The first-order valence-corrected chi connectivity index (χ1v) is 7.38. The third-order valence-electron chi connectivity index (χ3n) is 3.21. The Labute approximate surface area is 127 Å². The molecule has 2 N–H and O–H groups in total. The highest BCUT2D eigenvalue weighted by Crippen LogP contribution is 2.18. The number of nitrogens with zero attached hydrogens (tertiary/aromatic N) is 1. The van der Waals surface area contributed by atoms with Crippen LogP contribution in [0.5, 0.6) is 0 Å². The second-order valence-electron chi connectivity index (χ2n) is 4.78. The zero-order valence-corrected chi connectivity index (χ0v) is 13.0. The molecule has 4 heteroatoms. The second kappa shape index (κ2) is 6.86. The number of nitrogen functional groups attached to an aromatic ring is 1. The summed E-state index contributed by atoms with van der Waals surface area (Å²) in [5.41, 5.74) is 8.38. The molecule has 0 saturated carbocycles. The van der Waals surface area contributed by atoms with Gasteiger partial charge in [0.2, 0.25) is 0 Å². The lowest BCUT2D eigenvalue weighted by molar-refractivity contribution is 0.267. The van der Waals surface area contributed by atoms with E-state index in [2.05, 4.69) is 27.8 Å². The van der Waals surface area contributed by atoms with Crippen LogP contribution in [0, 0.1) is 5.82 Å². The van der Waals surface area contributed by atoms with Crippen molar-refractivity contribution in [1.82, 2.24) is 4.90 Å². The molecule has 0 heterocycles. The minimum absolute atomic E-state index is 0.167. The molecule has 0 aromatic heterocycles. The van der Waals surface area contributed by atoms with Gasteiger partial charge in [0.1, 0.15) is 5.82 Å². The average molecular weight is 337 g/mol. The summed E-state index contributed by atoms with van der Waals surface area (Å²) in [7, 11) is 0.